The molecule has 0 unspecified atom stereocenters. The third-order valence-corrected chi connectivity index (χ3v) is 2.88. The van der Waals surface area contributed by atoms with E-state index in [0.717, 1.165) is 6.54 Å². The van der Waals surface area contributed by atoms with Crippen molar-refractivity contribution in [1.82, 2.24) is 15.1 Å². The van der Waals surface area contributed by atoms with E-state index in [1.165, 1.54) is 7.11 Å². The van der Waals surface area contributed by atoms with Gasteiger partial charge in [-0.05, 0) is 14.1 Å². The van der Waals surface area contributed by atoms with Gasteiger partial charge in [-0.2, -0.15) is 0 Å². The van der Waals surface area contributed by atoms with Crippen molar-refractivity contribution >= 4 is 11.8 Å². The van der Waals surface area contributed by atoms with E-state index in [2.05, 4.69) is 5.32 Å². The Morgan fingerprint density at radius 3 is 2.68 bits per heavy atom. The summed E-state index contributed by atoms with van der Waals surface area (Å²) in [4.78, 5) is 26.6. The van der Waals surface area contributed by atoms with Gasteiger partial charge in [0.05, 0.1) is 0 Å². The Labute approximate surface area is 114 Å². The van der Waals surface area contributed by atoms with Crippen LogP contribution >= 0.6 is 0 Å². The summed E-state index contributed by atoms with van der Waals surface area (Å²) in [5.41, 5.74) is 0. The minimum atomic E-state index is -0.0801. The van der Waals surface area contributed by atoms with Crippen molar-refractivity contribution in [3.63, 3.8) is 0 Å². The van der Waals surface area contributed by atoms with Crippen molar-refractivity contribution in [1.29, 1.82) is 0 Å². The zero-order valence-electron chi connectivity index (χ0n) is 11.9. The predicted octanol–water partition coefficient (Wildman–Crippen LogP) is -0.675. The zero-order valence-corrected chi connectivity index (χ0v) is 11.9. The Bertz CT molecular complexity index is 336. The fourth-order valence-electron chi connectivity index (χ4n) is 1.79. The molecule has 0 aromatic rings. The first-order valence-electron chi connectivity index (χ1n) is 6.38. The smallest absolute Gasteiger partial charge is 0.248 e. The molecule has 1 N–H and O–H groups in total. The Morgan fingerprint density at radius 1 is 1.42 bits per heavy atom. The zero-order chi connectivity index (χ0) is 14.3. The first-order chi connectivity index (χ1) is 9.02. The van der Waals surface area contributed by atoms with Crippen molar-refractivity contribution < 1.29 is 14.3 Å². The van der Waals surface area contributed by atoms with E-state index in [1.807, 2.05) is 25.1 Å². The molecule has 0 bridgehead atoms. The third-order valence-electron chi connectivity index (χ3n) is 2.88. The maximum absolute atomic E-state index is 11.5. The number of hydrogen-bond donors (Lipinski definition) is 1. The van der Waals surface area contributed by atoms with E-state index in [9.17, 15) is 9.59 Å². The number of rotatable bonds is 7. The molecule has 1 heterocycles. The summed E-state index contributed by atoms with van der Waals surface area (Å²) >= 11 is 0. The van der Waals surface area contributed by atoms with Gasteiger partial charge in [0.15, 0.2) is 0 Å². The molecule has 0 atom stereocenters. The number of likely N-dealkylation sites (tertiary alicyclic amines) is 1. The lowest BCUT2D eigenvalue weighted by atomic mass is 10.0. The minimum absolute atomic E-state index is 0.0101. The van der Waals surface area contributed by atoms with E-state index >= 15 is 0 Å². The van der Waals surface area contributed by atoms with Gasteiger partial charge in [0, 0.05) is 45.3 Å². The van der Waals surface area contributed by atoms with Crippen LogP contribution in [-0.4, -0.2) is 75.6 Å². The quantitative estimate of drug-likeness (QED) is 0.622. The summed E-state index contributed by atoms with van der Waals surface area (Å²) < 4.78 is 4.78. The van der Waals surface area contributed by atoms with Crippen LogP contribution in [0.25, 0.3) is 0 Å². The molecule has 6 heteroatoms. The number of amides is 2. The summed E-state index contributed by atoms with van der Waals surface area (Å²) in [5, 5.41) is 2.84. The van der Waals surface area contributed by atoms with Gasteiger partial charge in [-0.15, -0.1) is 0 Å². The molecule has 0 aliphatic carbocycles. The van der Waals surface area contributed by atoms with E-state index in [0.29, 0.717) is 25.6 Å². The lowest BCUT2D eigenvalue weighted by Gasteiger charge is -2.39. The highest BCUT2D eigenvalue weighted by Crippen LogP contribution is 2.14. The second-order valence-electron chi connectivity index (χ2n) is 5.01. The topological polar surface area (TPSA) is 61.9 Å². The van der Waals surface area contributed by atoms with Crippen LogP contribution in [0.2, 0.25) is 0 Å². The summed E-state index contributed by atoms with van der Waals surface area (Å²) in [6.45, 7) is 2.89. The highest BCUT2D eigenvalue weighted by molar-refractivity contribution is 5.87. The second-order valence-corrected chi connectivity index (χ2v) is 5.01. The molecule has 0 aromatic carbocycles. The fourth-order valence-corrected chi connectivity index (χ4v) is 1.79. The molecule has 0 radical (unpaired) electrons. The van der Waals surface area contributed by atoms with Gasteiger partial charge in [-0.25, -0.2) is 0 Å². The molecule has 1 aliphatic heterocycles. The van der Waals surface area contributed by atoms with Gasteiger partial charge >= 0.3 is 0 Å². The first kappa shape index (κ1) is 15.7. The summed E-state index contributed by atoms with van der Waals surface area (Å²) in [6, 6.07) is 0. The van der Waals surface area contributed by atoms with Crippen molar-refractivity contribution in [3.05, 3.63) is 12.2 Å². The van der Waals surface area contributed by atoms with Crippen LogP contribution in [0.1, 0.15) is 0 Å². The maximum atomic E-state index is 11.5. The van der Waals surface area contributed by atoms with Crippen LogP contribution in [0, 0.1) is 5.92 Å². The van der Waals surface area contributed by atoms with Crippen LogP contribution in [-0.2, 0) is 14.3 Å². The second kappa shape index (κ2) is 7.91. The average molecular weight is 269 g/mol. The average Bonchev–Trinajstić information content (AvgIpc) is 2.26. The number of likely N-dealkylation sites (N-methyl/N-ethyl adjacent to an activating group) is 1. The Hall–Kier alpha value is -1.40. The number of ether oxygens (including phenoxy) is 1. The van der Waals surface area contributed by atoms with Crippen molar-refractivity contribution in [2.75, 3.05) is 54.0 Å². The molecule has 0 spiro atoms. The molecule has 2 amide bonds. The highest BCUT2D eigenvalue weighted by Gasteiger charge is 2.30. The molecule has 108 valence electrons. The van der Waals surface area contributed by atoms with E-state index in [-0.39, 0.29) is 18.4 Å². The SMILES string of the molecule is COCC(=O)N1CC(CNC(=O)/C=C/CN(C)C)C1. The number of methoxy groups -OCH3 is 1. The molecule has 1 fully saturated rings. The third kappa shape index (κ3) is 5.85. The lowest BCUT2D eigenvalue weighted by Crippen LogP contribution is -2.54. The van der Waals surface area contributed by atoms with Crippen LogP contribution in [0.3, 0.4) is 0 Å². The van der Waals surface area contributed by atoms with Crippen LogP contribution in [0.5, 0.6) is 0 Å². The summed E-state index contributed by atoms with van der Waals surface area (Å²) in [7, 11) is 5.40. The molecule has 0 aromatic heterocycles. The molecular formula is C13H23N3O3. The number of nitrogens with zero attached hydrogens (tertiary/aromatic N) is 2. The normalized spacial score (nSPS) is 15.9. The lowest BCUT2D eigenvalue weighted by molar-refractivity contribution is -0.141. The number of hydrogen-bond acceptors (Lipinski definition) is 4. The molecular weight excluding hydrogens is 246 g/mol. The van der Waals surface area contributed by atoms with Gasteiger partial charge in [-0.3, -0.25) is 9.59 Å². The molecule has 0 saturated carbocycles. The fraction of sp³-hybridized carbons (Fsp3) is 0.692. The molecule has 6 nitrogen and oxygen atoms in total. The highest BCUT2D eigenvalue weighted by atomic mass is 16.5. The van der Waals surface area contributed by atoms with Crippen molar-refractivity contribution in [3.8, 4) is 0 Å². The number of nitrogens with one attached hydrogen (secondary N) is 1. The molecule has 1 aliphatic rings. The largest absolute Gasteiger partial charge is 0.375 e. The van der Waals surface area contributed by atoms with Crippen LogP contribution in [0.4, 0.5) is 0 Å². The molecule has 19 heavy (non-hydrogen) atoms. The summed E-state index contributed by atoms with van der Waals surface area (Å²) in [6.07, 6.45) is 3.37. The van der Waals surface area contributed by atoms with Gasteiger partial charge < -0.3 is 19.9 Å². The van der Waals surface area contributed by atoms with Crippen LogP contribution in [0.15, 0.2) is 12.2 Å². The first-order valence-corrected chi connectivity index (χ1v) is 6.38. The van der Waals surface area contributed by atoms with E-state index in [1.54, 1.807) is 11.0 Å². The van der Waals surface area contributed by atoms with Gasteiger partial charge in [0.1, 0.15) is 6.61 Å². The van der Waals surface area contributed by atoms with Crippen LogP contribution < -0.4 is 5.32 Å². The minimum Gasteiger partial charge on any atom is -0.375 e. The van der Waals surface area contributed by atoms with Gasteiger partial charge in [0.25, 0.3) is 0 Å². The van der Waals surface area contributed by atoms with E-state index in [4.69, 9.17) is 4.74 Å². The number of carbonyl (C=O) groups is 2. The summed E-state index contributed by atoms with van der Waals surface area (Å²) in [5.74, 6) is 0.284. The van der Waals surface area contributed by atoms with Gasteiger partial charge in [0.2, 0.25) is 11.8 Å². The van der Waals surface area contributed by atoms with Crippen molar-refractivity contribution in [2.45, 2.75) is 0 Å². The molecule has 1 saturated heterocycles. The standard InChI is InChI=1S/C13H23N3O3/c1-15(2)6-4-5-12(17)14-7-11-8-16(9-11)13(18)10-19-3/h4-5,11H,6-10H2,1-3H3,(H,14,17)/b5-4+. The molecule has 1 rings (SSSR count). The van der Waals surface area contributed by atoms with Gasteiger partial charge in [-0.1, -0.05) is 6.08 Å². The Kier molecular flexibility index (Phi) is 6.52. The Balaban J connectivity index is 2.10. The Morgan fingerprint density at radius 2 is 2.11 bits per heavy atom. The number of carbonyl (C=O) groups excluding carboxylic acids is 2. The maximum Gasteiger partial charge on any atom is 0.248 e. The van der Waals surface area contributed by atoms with Crippen molar-refractivity contribution in [2.24, 2.45) is 5.92 Å². The van der Waals surface area contributed by atoms with E-state index < -0.39 is 0 Å². The predicted molar refractivity (Wildman–Crippen MR) is 72.6 cm³/mol. The monoisotopic (exact) mass is 269 g/mol.